The van der Waals surface area contributed by atoms with Crippen LogP contribution < -0.4 is 0 Å². The first-order valence-corrected chi connectivity index (χ1v) is 3.98. The molecule has 0 aromatic heterocycles. The molecule has 1 rings (SSSR count). The van der Waals surface area contributed by atoms with E-state index in [1.165, 1.54) is 0 Å². The fourth-order valence-corrected chi connectivity index (χ4v) is 1.32. The van der Waals surface area contributed by atoms with Gasteiger partial charge in [0.2, 0.25) is 0 Å². The highest BCUT2D eigenvalue weighted by Gasteiger charge is 2.18. The molecule has 2 N–H and O–H groups in total. The minimum atomic E-state index is -0.928. The van der Waals surface area contributed by atoms with E-state index in [-0.39, 0.29) is 6.61 Å². The summed E-state index contributed by atoms with van der Waals surface area (Å²) in [5, 5.41) is 17.1. The predicted molar refractivity (Wildman–Crippen MR) is 43.5 cm³/mol. The van der Waals surface area contributed by atoms with Crippen molar-refractivity contribution in [1.29, 1.82) is 0 Å². The Kier molecular flexibility index (Phi) is 3.10. The van der Waals surface area contributed by atoms with Crippen LogP contribution in [0.5, 0.6) is 0 Å². The largest absolute Gasteiger partial charge is 0.478 e. The van der Waals surface area contributed by atoms with E-state index in [0.717, 1.165) is 25.6 Å². The summed E-state index contributed by atoms with van der Waals surface area (Å²) in [6.45, 7) is 1.80. The molecule has 0 radical (unpaired) electrons. The third kappa shape index (κ3) is 2.54. The van der Waals surface area contributed by atoms with Gasteiger partial charge in [0.25, 0.3) is 0 Å². The number of carboxylic acids is 1. The van der Waals surface area contributed by atoms with Crippen molar-refractivity contribution < 1.29 is 15.0 Å². The minimum absolute atomic E-state index is 0.192. The SMILES string of the molecule is O=C(O)/C=C/N1CCC(CO)C1. The van der Waals surface area contributed by atoms with Crippen LogP contribution in [0.2, 0.25) is 0 Å². The van der Waals surface area contributed by atoms with E-state index >= 15 is 0 Å². The maximum absolute atomic E-state index is 10.1. The van der Waals surface area contributed by atoms with Gasteiger partial charge in [0, 0.05) is 37.9 Å². The number of hydrogen-bond donors (Lipinski definition) is 2. The lowest BCUT2D eigenvalue weighted by atomic mass is 10.1. The van der Waals surface area contributed by atoms with Crippen LogP contribution in [-0.4, -0.2) is 40.8 Å². The summed E-state index contributed by atoms with van der Waals surface area (Å²) in [6.07, 6.45) is 3.64. The molecular weight excluding hydrogens is 158 g/mol. The van der Waals surface area contributed by atoms with Crippen molar-refractivity contribution in [2.24, 2.45) is 5.92 Å². The Morgan fingerprint density at radius 1 is 1.67 bits per heavy atom. The number of carbonyl (C=O) groups is 1. The third-order valence-electron chi connectivity index (χ3n) is 2.00. The van der Waals surface area contributed by atoms with Crippen LogP contribution in [0.3, 0.4) is 0 Å². The average molecular weight is 171 g/mol. The Labute approximate surface area is 71.1 Å². The molecule has 0 spiro atoms. The van der Waals surface area contributed by atoms with Crippen LogP contribution in [-0.2, 0) is 4.79 Å². The van der Waals surface area contributed by atoms with Crippen molar-refractivity contribution in [2.75, 3.05) is 19.7 Å². The van der Waals surface area contributed by atoms with Gasteiger partial charge >= 0.3 is 5.97 Å². The number of rotatable bonds is 3. The number of carboxylic acid groups (broad SMARTS) is 1. The minimum Gasteiger partial charge on any atom is -0.478 e. The molecule has 0 aromatic rings. The van der Waals surface area contributed by atoms with Gasteiger partial charge in [-0.2, -0.15) is 0 Å². The average Bonchev–Trinajstić information content (AvgIpc) is 2.48. The Morgan fingerprint density at radius 3 is 2.92 bits per heavy atom. The quantitative estimate of drug-likeness (QED) is 0.582. The number of aliphatic hydroxyl groups is 1. The van der Waals surface area contributed by atoms with Crippen molar-refractivity contribution in [2.45, 2.75) is 6.42 Å². The van der Waals surface area contributed by atoms with Gasteiger partial charge in [-0.1, -0.05) is 0 Å². The standard InChI is InChI=1S/C8H13NO3/c10-6-7-1-3-9(5-7)4-2-8(11)12/h2,4,7,10H,1,3,5-6H2,(H,11,12)/b4-2+. The van der Waals surface area contributed by atoms with E-state index in [1.54, 1.807) is 6.20 Å². The molecule has 0 saturated carbocycles. The first-order valence-electron chi connectivity index (χ1n) is 3.98. The predicted octanol–water partition coefficient (Wildman–Crippen LogP) is -0.101. The second kappa shape index (κ2) is 4.11. The highest BCUT2D eigenvalue weighted by molar-refractivity contribution is 5.79. The summed E-state index contributed by atoms with van der Waals surface area (Å²) < 4.78 is 0. The van der Waals surface area contributed by atoms with E-state index < -0.39 is 5.97 Å². The first kappa shape index (κ1) is 9.06. The molecule has 1 fully saturated rings. The molecule has 1 unspecified atom stereocenters. The zero-order valence-corrected chi connectivity index (χ0v) is 6.81. The molecule has 12 heavy (non-hydrogen) atoms. The molecule has 1 heterocycles. The topological polar surface area (TPSA) is 60.8 Å². The second-order valence-electron chi connectivity index (χ2n) is 2.99. The molecule has 1 atom stereocenters. The van der Waals surface area contributed by atoms with Crippen molar-refractivity contribution in [3.63, 3.8) is 0 Å². The first-order chi connectivity index (χ1) is 5.72. The Morgan fingerprint density at radius 2 is 2.42 bits per heavy atom. The van der Waals surface area contributed by atoms with Crippen molar-refractivity contribution in [3.8, 4) is 0 Å². The maximum Gasteiger partial charge on any atom is 0.329 e. The molecule has 4 heteroatoms. The van der Waals surface area contributed by atoms with Crippen LogP contribution >= 0.6 is 0 Å². The second-order valence-corrected chi connectivity index (χ2v) is 2.99. The fraction of sp³-hybridized carbons (Fsp3) is 0.625. The summed E-state index contributed by atoms with van der Waals surface area (Å²) in [4.78, 5) is 12.1. The van der Waals surface area contributed by atoms with Crippen molar-refractivity contribution in [1.82, 2.24) is 4.90 Å². The highest BCUT2D eigenvalue weighted by Crippen LogP contribution is 2.14. The zero-order valence-electron chi connectivity index (χ0n) is 6.81. The molecule has 1 aliphatic rings. The summed E-state index contributed by atoms with van der Waals surface area (Å²) in [5.41, 5.74) is 0. The summed E-state index contributed by atoms with van der Waals surface area (Å²) >= 11 is 0. The van der Waals surface area contributed by atoms with Crippen LogP contribution in [0.15, 0.2) is 12.3 Å². The lowest BCUT2D eigenvalue weighted by molar-refractivity contribution is -0.131. The van der Waals surface area contributed by atoms with Gasteiger partial charge in [-0.25, -0.2) is 4.79 Å². The highest BCUT2D eigenvalue weighted by atomic mass is 16.4. The summed E-state index contributed by atoms with van der Waals surface area (Å²) in [6, 6.07) is 0. The van der Waals surface area contributed by atoms with E-state index in [1.807, 2.05) is 4.90 Å². The van der Waals surface area contributed by atoms with Gasteiger partial charge in [0.05, 0.1) is 0 Å². The number of aliphatic hydroxyl groups excluding tert-OH is 1. The molecule has 0 bridgehead atoms. The van der Waals surface area contributed by atoms with Gasteiger partial charge in [-0.15, -0.1) is 0 Å². The number of nitrogens with zero attached hydrogens (tertiary/aromatic N) is 1. The summed E-state index contributed by atoms with van der Waals surface area (Å²) in [7, 11) is 0. The van der Waals surface area contributed by atoms with E-state index in [0.29, 0.717) is 5.92 Å². The van der Waals surface area contributed by atoms with Crippen LogP contribution in [0, 0.1) is 5.92 Å². The lowest BCUT2D eigenvalue weighted by Crippen LogP contribution is -2.15. The van der Waals surface area contributed by atoms with Crippen molar-refractivity contribution in [3.05, 3.63) is 12.3 Å². The van der Waals surface area contributed by atoms with E-state index in [9.17, 15) is 4.79 Å². The van der Waals surface area contributed by atoms with E-state index in [4.69, 9.17) is 10.2 Å². The Bertz CT molecular complexity index is 191. The van der Waals surface area contributed by atoms with Gasteiger partial charge < -0.3 is 15.1 Å². The number of aliphatic carboxylic acids is 1. The third-order valence-corrected chi connectivity index (χ3v) is 2.00. The maximum atomic E-state index is 10.1. The van der Waals surface area contributed by atoms with Gasteiger partial charge in [0.15, 0.2) is 0 Å². The van der Waals surface area contributed by atoms with Crippen LogP contribution in [0.25, 0.3) is 0 Å². The molecule has 0 amide bonds. The lowest BCUT2D eigenvalue weighted by Gasteiger charge is -2.10. The number of hydrogen-bond acceptors (Lipinski definition) is 3. The van der Waals surface area contributed by atoms with Crippen LogP contribution in [0.1, 0.15) is 6.42 Å². The molecule has 0 aliphatic carbocycles. The normalized spacial score (nSPS) is 23.8. The molecule has 68 valence electrons. The van der Waals surface area contributed by atoms with E-state index in [2.05, 4.69) is 0 Å². The van der Waals surface area contributed by atoms with Gasteiger partial charge in [-0.3, -0.25) is 0 Å². The molecule has 4 nitrogen and oxygen atoms in total. The number of likely N-dealkylation sites (tertiary alicyclic amines) is 1. The molecule has 1 aliphatic heterocycles. The Hall–Kier alpha value is -1.03. The fourth-order valence-electron chi connectivity index (χ4n) is 1.32. The smallest absolute Gasteiger partial charge is 0.329 e. The van der Waals surface area contributed by atoms with Gasteiger partial charge in [0.1, 0.15) is 0 Å². The zero-order chi connectivity index (χ0) is 8.97. The molecule has 0 aromatic carbocycles. The monoisotopic (exact) mass is 171 g/mol. The van der Waals surface area contributed by atoms with Crippen LogP contribution in [0.4, 0.5) is 0 Å². The van der Waals surface area contributed by atoms with Crippen molar-refractivity contribution >= 4 is 5.97 Å². The Balaban J connectivity index is 2.32. The molecule has 1 saturated heterocycles. The van der Waals surface area contributed by atoms with Gasteiger partial charge in [-0.05, 0) is 6.42 Å². The summed E-state index contributed by atoms with van der Waals surface area (Å²) in [5.74, 6) is -0.620. The molecular formula is C8H13NO3.